The van der Waals surface area contributed by atoms with Crippen molar-refractivity contribution in [3.8, 4) is 0 Å². The predicted octanol–water partition coefficient (Wildman–Crippen LogP) is 3.82. The average molecular weight is 341 g/mol. The second-order valence-corrected chi connectivity index (χ2v) is 8.41. The minimum absolute atomic E-state index is 0.142. The number of piperidine rings is 1. The van der Waals surface area contributed by atoms with E-state index in [0.717, 1.165) is 51.9 Å². The van der Waals surface area contributed by atoms with Gasteiger partial charge in [0.15, 0.2) is 0 Å². The lowest BCUT2D eigenvalue weighted by Crippen LogP contribution is -2.56. The molecule has 140 valence electrons. The van der Waals surface area contributed by atoms with Crippen LogP contribution in [-0.2, 0) is 4.74 Å². The first-order valence-electron chi connectivity index (χ1n) is 9.69. The van der Waals surface area contributed by atoms with Gasteiger partial charge in [0.2, 0.25) is 0 Å². The number of amides is 1. The van der Waals surface area contributed by atoms with E-state index < -0.39 is 6.09 Å². The molecule has 1 heterocycles. The molecule has 2 rings (SSSR count). The van der Waals surface area contributed by atoms with Gasteiger partial charge in [-0.1, -0.05) is 12.8 Å². The van der Waals surface area contributed by atoms with E-state index in [0.29, 0.717) is 12.0 Å². The Balaban J connectivity index is 2.04. The number of likely N-dealkylation sites (tertiary alicyclic amines) is 1. The standard InChI is InChI=1S/C19H36N2O3/c1-5-24-16-10-8-12-20(14-16)13-15-9-6-7-11-17(15)21(18(22)23)19(2,3)4/h15-17H,5-14H2,1-4H3,(H,22,23)/t15-,16+,17+/m0/s1. The molecule has 1 aliphatic carbocycles. The molecule has 1 N–H and O–H groups in total. The van der Waals surface area contributed by atoms with Crippen molar-refractivity contribution in [2.75, 3.05) is 26.2 Å². The Morgan fingerprint density at radius 3 is 2.54 bits per heavy atom. The molecule has 5 nitrogen and oxygen atoms in total. The summed E-state index contributed by atoms with van der Waals surface area (Å²) >= 11 is 0. The molecular weight excluding hydrogens is 304 g/mol. The monoisotopic (exact) mass is 340 g/mol. The molecule has 1 saturated heterocycles. The van der Waals surface area contributed by atoms with Crippen LogP contribution in [0.3, 0.4) is 0 Å². The molecule has 1 saturated carbocycles. The van der Waals surface area contributed by atoms with Crippen molar-refractivity contribution in [3.05, 3.63) is 0 Å². The second kappa shape index (κ2) is 8.52. The van der Waals surface area contributed by atoms with Crippen molar-refractivity contribution in [1.82, 2.24) is 9.80 Å². The van der Waals surface area contributed by atoms with Gasteiger partial charge in [-0.15, -0.1) is 0 Å². The van der Waals surface area contributed by atoms with Gasteiger partial charge in [0, 0.05) is 31.3 Å². The van der Waals surface area contributed by atoms with Crippen LogP contribution in [0.4, 0.5) is 4.79 Å². The third kappa shape index (κ3) is 5.09. The fourth-order valence-corrected chi connectivity index (χ4v) is 4.55. The van der Waals surface area contributed by atoms with Crippen LogP contribution in [-0.4, -0.2) is 64.9 Å². The number of carboxylic acid groups (broad SMARTS) is 1. The fourth-order valence-electron chi connectivity index (χ4n) is 4.55. The molecule has 0 unspecified atom stereocenters. The van der Waals surface area contributed by atoms with Crippen molar-refractivity contribution in [1.29, 1.82) is 0 Å². The van der Waals surface area contributed by atoms with Crippen LogP contribution < -0.4 is 0 Å². The molecular formula is C19H36N2O3. The van der Waals surface area contributed by atoms with Crippen molar-refractivity contribution >= 4 is 6.09 Å². The number of ether oxygens (including phenoxy) is 1. The molecule has 1 aliphatic heterocycles. The number of hydrogen-bond acceptors (Lipinski definition) is 3. The summed E-state index contributed by atoms with van der Waals surface area (Å²) in [4.78, 5) is 16.1. The summed E-state index contributed by atoms with van der Waals surface area (Å²) in [5, 5.41) is 9.79. The van der Waals surface area contributed by atoms with Crippen LogP contribution >= 0.6 is 0 Å². The van der Waals surface area contributed by atoms with E-state index in [1.165, 1.54) is 12.8 Å². The smallest absolute Gasteiger partial charge is 0.407 e. The molecule has 1 amide bonds. The highest BCUT2D eigenvalue weighted by atomic mass is 16.5. The summed E-state index contributed by atoms with van der Waals surface area (Å²) < 4.78 is 5.82. The lowest BCUT2D eigenvalue weighted by Gasteiger charge is -2.47. The third-order valence-corrected chi connectivity index (χ3v) is 5.49. The van der Waals surface area contributed by atoms with E-state index in [2.05, 4.69) is 11.8 Å². The SMILES string of the molecule is CCO[C@@H]1CCCN(C[C@@H]2CCCC[C@H]2N(C(=O)O)C(C)(C)C)C1. The van der Waals surface area contributed by atoms with Crippen LogP contribution in [0.1, 0.15) is 66.2 Å². The van der Waals surface area contributed by atoms with E-state index in [-0.39, 0.29) is 11.6 Å². The highest BCUT2D eigenvalue weighted by Gasteiger charge is 2.39. The van der Waals surface area contributed by atoms with Crippen LogP contribution in [0.25, 0.3) is 0 Å². The second-order valence-electron chi connectivity index (χ2n) is 8.41. The van der Waals surface area contributed by atoms with Crippen molar-refractivity contribution < 1.29 is 14.6 Å². The highest BCUT2D eigenvalue weighted by molar-refractivity contribution is 5.66. The first kappa shape index (κ1) is 19.5. The first-order valence-corrected chi connectivity index (χ1v) is 9.69. The van der Waals surface area contributed by atoms with Gasteiger partial charge in [-0.2, -0.15) is 0 Å². The van der Waals surface area contributed by atoms with Crippen molar-refractivity contribution in [3.63, 3.8) is 0 Å². The number of rotatable bonds is 5. The Morgan fingerprint density at radius 1 is 1.21 bits per heavy atom. The van der Waals surface area contributed by atoms with E-state index in [4.69, 9.17) is 4.74 Å². The van der Waals surface area contributed by atoms with Crippen LogP contribution in [0.5, 0.6) is 0 Å². The summed E-state index contributed by atoms with van der Waals surface area (Å²) in [5.74, 6) is 0.439. The van der Waals surface area contributed by atoms with E-state index in [1.54, 1.807) is 4.90 Å². The van der Waals surface area contributed by atoms with Gasteiger partial charge in [0.25, 0.3) is 0 Å². The zero-order valence-electron chi connectivity index (χ0n) is 16.0. The Bertz CT molecular complexity index is 406. The van der Waals surface area contributed by atoms with Crippen LogP contribution in [0, 0.1) is 5.92 Å². The van der Waals surface area contributed by atoms with Crippen molar-refractivity contribution in [2.45, 2.75) is 83.9 Å². The summed E-state index contributed by atoms with van der Waals surface area (Å²) in [6, 6.07) is 0.142. The Hall–Kier alpha value is -0.810. The molecule has 0 radical (unpaired) electrons. The molecule has 0 spiro atoms. The Labute approximate surface area is 147 Å². The summed E-state index contributed by atoms with van der Waals surface area (Å²) in [5.41, 5.74) is -0.345. The predicted molar refractivity (Wildman–Crippen MR) is 96.5 cm³/mol. The van der Waals surface area contributed by atoms with Gasteiger partial charge in [-0.05, 0) is 65.8 Å². The molecule has 3 atom stereocenters. The van der Waals surface area contributed by atoms with Crippen molar-refractivity contribution in [2.24, 2.45) is 5.92 Å². The van der Waals surface area contributed by atoms with Gasteiger partial charge < -0.3 is 19.6 Å². The van der Waals surface area contributed by atoms with Gasteiger partial charge in [0.1, 0.15) is 0 Å². The zero-order valence-corrected chi connectivity index (χ0v) is 16.0. The highest BCUT2D eigenvalue weighted by Crippen LogP contribution is 2.33. The maximum Gasteiger partial charge on any atom is 0.407 e. The molecule has 2 fully saturated rings. The van der Waals surface area contributed by atoms with E-state index >= 15 is 0 Å². The molecule has 0 aromatic rings. The normalized spacial score (nSPS) is 29.4. The molecule has 0 bridgehead atoms. The first-order chi connectivity index (χ1) is 11.3. The summed E-state index contributed by atoms with van der Waals surface area (Å²) in [6.45, 7) is 12.0. The topological polar surface area (TPSA) is 53.0 Å². The molecule has 0 aromatic carbocycles. The Morgan fingerprint density at radius 2 is 1.92 bits per heavy atom. The quantitative estimate of drug-likeness (QED) is 0.826. The summed E-state index contributed by atoms with van der Waals surface area (Å²) in [7, 11) is 0. The fraction of sp³-hybridized carbons (Fsp3) is 0.947. The largest absolute Gasteiger partial charge is 0.465 e. The average Bonchev–Trinajstić information content (AvgIpc) is 2.48. The van der Waals surface area contributed by atoms with E-state index in [9.17, 15) is 9.90 Å². The van der Waals surface area contributed by atoms with Gasteiger partial charge in [0.05, 0.1) is 6.10 Å². The lowest BCUT2D eigenvalue weighted by molar-refractivity contribution is -0.0146. The third-order valence-electron chi connectivity index (χ3n) is 5.49. The van der Waals surface area contributed by atoms with Gasteiger partial charge >= 0.3 is 6.09 Å². The zero-order chi connectivity index (χ0) is 17.7. The number of nitrogens with zero attached hydrogens (tertiary/aromatic N) is 2. The molecule has 0 aromatic heterocycles. The molecule has 5 heteroatoms. The van der Waals surface area contributed by atoms with E-state index in [1.807, 2.05) is 20.8 Å². The minimum Gasteiger partial charge on any atom is -0.465 e. The van der Waals surface area contributed by atoms with Gasteiger partial charge in [-0.3, -0.25) is 0 Å². The van der Waals surface area contributed by atoms with Gasteiger partial charge in [-0.25, -0.2) is 4.79 Å². The summed E-state index contributed by atoms with van der Waals surface area (Å²) in [6.07, 6.45) is 6.42. The number of carbonyl (C=O) groups is 1. The maximum absolute atomic E-state index is 11.9. The maximum atomic E-state index is 11.9. The minimum atomic E-state index is -0.773. The lowest BCUT2D eigenvalue weighted by atomic mass is 9.81. The number of hydrogen-bond donors (Lipinski definition) is 1. The molecule has 24 heavy (non-hydrogen) atoms. The molecule has 2 aliphatic rings. The van der Waals surface area contributed by atoms with Crippen LogP contribution in [0.15, 0.2) is 0 Å². The Kier molecular flexibility index (Phi) is 6.93. The van der Waals surface area contributed by atoms with Crippen LogP contribution in [0.2, 0.25) is 0 Å².